The van der Waals surface area contributed by atoms with Crippen molar-refractivity contribution in [3.05, 3.63) is 82.6 Å². The van der Waals surface area contributed by atoms with Crippen molar-refractivity contribution in [3.63, 3.8) is 0 Å². The number of nitrogens with zero attached hydrogens (tertiary/aromatic N) is 2. The van der Waals surface area contributed by atoms with Crippen LogP contribution in [0.25, 0.3) is 0 Å². The van der Waals surface area contributed by atoms with E-state index in [1.165, 1.54) is 5.56 Å². The Bertz CT molecular complexity index is 1020. The van der Waals surface area contributed by atoms with Crippen molar-refractivity contribution in [2.24, 2.45) is 5.73 Å². The summed E-state index contributed by atoms with van der Waals surface area (Å²) in [6.07, 6.45) is 2.30. The van der Waals surface area contributed by atoms with E-state index in [1.807, 2.05) is 48.2 Å². The molecule has 2 aromatic carbocycles. The second-order valence-corrected chi connectivity index (χ2v) is 7.58. The molecule has 0 atom stereocenters. The quantitative estimate of drug-likeness (QED) is 0.604. The molecule has 2 N–H and O–H groups in total. The number of rotatable bonds is 7. The molecule has 7 heteroatoms. The maximum atomic E-state index is 13.2. The molecular weight excluding hydrogens is 414 g/mol. The van der Waals surface area contributed by atoms with Crippen molar-refractivity contribution in [1.82, 2.24) is 9.88 Å². The zero-order chi connectivity index (χ0) is 20.9. The first-order valence-corrected chi connectivity index (χ1v) is 10.4. The number of carbonyl (C=O) groups is 1. The van der Waals surface area contributed by atoms with E-state index in [-0.39, 0.29) is 18.3 Å². The molecule has 1 aromatic heterocycles. The van der Waals surface area contributed by atoms with Crippen LogP contribution in [0.15, 0.2) is 52.9 Å². The van der Waals surface area contributed by atoms with Crippen molar-refractivity contribution in [2.45, 2.75) is 32.7 Å². The SMILES string of the molecule is Cc1ccc(OCCN)c(C(=O)N2CCc3oc(CCc4ccccc4)nc3C2)c1.Cl. The van der Waals surface area contributed by atoms with Gasteiger partial charge in [-0.25, -0.2) is 4.98 Å². The molecular formula is C24H28ClN3O3. The Labute approximate surface area is 188 Å². The van der Waals surface area contributed by atoms with Gasteiger partial charge >= 0.3 is 0 Å². The molecule has 2 heterocycles. The number of aryl methyl sites for hydroxylation is 3. The molecule has 0 saturated carbocycles. The maximum absolute atomic E-state index is 13.2. The lowest BCUT2D eigenvalue weighted by Crippen LogP contribution is -2.36. The summed E-state index contributed by atoms with van der Waals surface area (Å²) in [6, 6.07) is 16.0. The number of benzene rings is 2. The fourth-order valence-corrected chi connectivity index (χ4v) is 3.70. The Morgan fingerprint density at radius 1 is 1.19 bits per heavy atom. The zero-order valence-electron chi connectivity index (χ0n) is 17.7. The van der Waals surface area contributed by atoms with E-state index in [4.69, 9.17) is 14.9 Å². The van der Waals surface area contributed by atoms with Gasteiger partial charge in [0.25, 0.3) is 5.91 Å². The molecule has 6 nitrogen and oxygen atoms in total. The summed E-state index contributed by atoms with van der Waals surface area (Å²) in [5.74, 6) is 2.15. The molecule has 0 spiro atoms. The summed E-state index contributed by atoms with van der Waals surface area (Å²) in [5, 5.41) is 0. The Morgan fingerprint density at radius 2 is 2.00 bits per heavy atom. The van der Waals surface area contributed by atoms with Gasteiger partial charge in [0.2, 0.25) is 0 Å². The van der Waals surface area contributed by atoms with Crippen molar-refractivity contribution in [3.8, 4) is 5.75 Å². The molecule has 0 unspecified atom stereocenters. The van der Waals surface area contributed by atoms with Crippen LogP contribution in [0.5, 0.6) is 5.75 Å². The molecule has 0 radical (unpaired) electrons. The van der Waals surface area contributed by atoms with Crippen LogP contribution >= 0.6 is 12.4 Å². The summed E-state index contributed by atoms with van der Waals surface area (Å²) in [5.41, 5.74) is 9.25. The first kappa shape index (κ1) is 22.8. The molecule has 4 rings (SSSR count). The topological polar surface area (TPSA) is 81.6 Å². The fraction of sp³-hybridized carbons (Fsp3) is 0.333. The van der Waals surface area contributed by atoms with E-state index in [0.29, 0.717) is 44.0 Å². The van der Waals surface area contributed by atoms with Crippen molar-refractivity contribution >= 4 is 18.3 Å². The van der Waals surface area contributed by atoms with Gasteiger partial charge in [0, 0.05) is 25.9 Å². The highest BCUT2D eigenvalue weighted by atomic mass is 35.5. The van der Waals surface area contributed by atoms with Crippen LogP contribution in [-0.2, 0) is 25.8 Å². The third kappa shape index (κ3) is 5.46. The van der Waals surface area contributed by atoms with Crippen molar-refractivity contribution in [2.75, 3.05) is 19.7 Å². The summed E-state index contributed by atoms with van der Waals surface area (Å²) in [6.45, 7) is 3.80. The van der Waals surface area contributed by atoms with Crippen molar-refractivity contribution < 1.29 is 13.9 Å². The second-order valence-electron chi connectivity index (χ2n) is 7.58. The predicted molar refractivity (Wildman–Crippen MR) is 122 cm³/mol. The molecule has 0 fully saturated rings. The molecule has 1 aliphatic rings. The molecule has 3 aromatic rings. The van der Waals surface area contributed by atoms with Gasteiger partial charge in [-0.15, -0.1) is 12.4 Å². The standard InChI is InChI=1S/C24H27N3O3.ClH/c1-17-7-9-21(29-14-12-25)19(15-17)24(28)27-13-11-22-20(16-27)26-23(30-22)10-8-18-5-3-2-4-6-18;/h2-7,9,15H,8,10-14,16,25H2,1H3;1H. The maximum Gasteiger partial charge on any atom is 0.257 e. The number of amides is 1. The van der Waals surface area contributed by atoms with Crippen LogP contribution in [0.4, 0.5) is 0 Å². The number of oxazole rings is 1. The number of hydrogen-bond donors (Lipinski definition) is 1. The predicted octanol–water partition coefficient (Wildman–Crippen LogP) is 3.73. The molecule has 0 aliphatic carbocycles. The molecule has 164 valence electrons. The zero-order valence-corrected chi connectivity index (χ0v) is 18.5. The number of fused-ring (bicyclic) bond motifs is 1. The van der Waals surface area contributed by atoms with Crippen LogP contribution in [-0.4, -0.2) is 35.5 Å². The van der Waals surface area contributed by atoms with Crippen molar-refractivity contribution in [1.29, 1.82) is 0 Å². The summed E-state index contributed by atoms with van der Waals surface area (Å²) in [4.78, 5) is 19.7. The number of carbonyl (C=O) groups excluding carboxylic acids is 1. The normalized spacial score (nSPS) is 12.8. The van der Waals surface area contributed by atoms with Gasteiger partial charge in [-0.05, 0) is 31.0 Å². The van der Waals surface area contributed by atoms with Gasteiger partial charge in [-0.3, -0.25) is 4.79 Å². The van der Waals surface area contributed by atoms with E-state index in [2.05, 4.69) is 17.1 Å². The minimum Gasteiger partial charge on any atom is -0.491 e. The largest absolute Gasteiger partial charge is 0.491 e. The van der Waals surface area contributed by atoms with Gasteiger partial charge in [-0.2, -0.15) is 0 Å². The van der Waals surface area contributed by atoms with Crippen LogP contribution in [0.1, 0.15) is 38.8 Å². The highest BCUT2D eigenvalue weighted by Gasteiger charge is 2.27. The van der Waals surface area contributed by atoms with Gasteiger partial charge in [0.05, 0.1) is 12.1 Å². The smallest absolute Gasteiger partial charge is 0.257 e. The average molecular weight is 442 g/mol. The summed E-state index contributed by atoms with van der Waals surface area (Å²) < 4.78 is 11.7. The Balaban J connectivity index is 0.00000272. The number of ether oxygens (including phenoxy) is 1. The molecule has 0 bridgehead atoms. The highest BCUT2D eigenvalue weighted by molar-refractivity contribution is 5.97. The molecule has 1 aliphatic heterocycles. The second kappa shape index (κ2) is 10.5. The van der Waals surface area contributed by atoms with Gasteiger partial charge in [-0.1, -0.05) is 42.0 Å². The lowest BCUT2D eigenvalue weighted by molar-refractivity contribution is 0.0723. The van der Waals surface area contributed by atoms with Crippen LogP contribution in [0.2, 0.25) is 0 Å². The lowest BCUT2D eigenvalue weighted by Gasteiger charge is -2.26. The van der Waals surface area contributed by atoms with E-state index in [0.717, 1.165) is 35.7 Å². The van der Waals surface area contributed by atoms with E-state index >= 15 is 0 Å². The summed E-state index contributed by atoms with van der Waals surface area (Å²) in [7, 11) is 0. The lowest BCUT2D eigenvalue weighted by atomic mass is 10.1. The first-order valence-electron chi connectivity index (χ1n) is 10.4. The monoisotopic (exact) mass is 441 g/mol. The Kier molecular flexibility index (Phi) is 7.71. The number of aromatic nitrogens is 1. The highest BCUT2D eigenvalue weighted by Crippen LogP contribution is 2.26. The minimum absolute atomic E-state index is 0. The molecule has 1 amide bonds. The molecule has 31 heavy (non-hydrogen) atoms. The third-order valence-corrected chi connectivity index (χ3v) is 5.27. The Hall–Kier alpha value is -2.83. The van der Waals surface area contributed by atoms with Gasteiger partial charge in [0.15, 0.2) is 5.89 Å². The van der Waals surface area contributed by atoms with Gasteiger partial charge in [0.1, 0.15) is 23.8 Å². The Morgan fingerprint density at radius 3 is 2.77 bits per heavy atom. The molecule has 0 saturated heterocycles. The van der Waals surface area contributed by atoms with Crippen LogP contribution in [0, 0.1) is 6.92 Å². The minimum atomic E-state index is -0.0507. The fourth-order valence-electron chi connectivity index (χ4n) is 3.70. The summed E-state index contributed by atoms with van der Waals surface area (Å²) >= 11 is 0. The average Bonchev–Trinajstić information content (AvgIpc) is 3.19. The number of halogens is 1. The number of hydrogen-bond acceptors (Lipinski definition) is 5. The van der Waals surface area contributed by atoms with E-state index in [9.17, 15) is 4.79 Å². The first-order chi connectivity index (χ1) is 14.6. The van der Waals surface area contributed by atoms with E-state index < -0.39 is 0 Å². The van der Waals surface area contributed by atoms with Crippen LogP contribution < -0.4 is 10.5 Å². The van der Waals surface area contributed by atoms with Crippen LogP contribution in [0.3, 0.4) is 0 Å². The van der Waals surface area contributed by atoms with E-state index in [1.54, 1.807) is 0 Å². The number of nitrogens with two attached hydrogens (primary N) is 1. The third-order valence-electron chi connectivity index (χ3n) is 5.27. The van der Waals surface area contributed by atoms with Gasteiger partial charge < -0.3 is 19.8 Å².